The van der Waals surface area contributed by atoms with Gasteiger partial charge in [-0.25, -0.2) is 19.9 Å². The van der Waals surface area contributed by atoms with Crippen molar-refractivity contribution in [2.75, 3.05) is 13.2 Å². The number of ether oxygens (including phenoxy) is 2. The molecule has 0 fully saturated rings. The first-order valence-corrected chi connectivity index (χ1v) is 8.18. The summed E-state index contributed by atoms with van der Waals surface area (Å²) in [4.78, 5) is 16.3. The van der Waals surface area contributed by atoms with Crippen molar-refractivity contribution in [3.8, 4) is 23.0 Å². The van der Waals surface area contributed by atoms with E-state index in [2.05, 4.69) is 35.9 Å². The summed E-state index contributed by atoms with van der Waals surface area (Å²) in [5, 5.41) is 0.668. The molecule has 0 amide bonds. The Labute approximate surface area is 152 Å². The van der Waals surface area contributed by atoms with Crippen molar-refractivity contribution in [2.24, 2.45) is 0 Å². The van der Waals surface area contributed by atoms with Crippen molar-refractivity contribution < 1.29 is 9.47 Å². The molecule has 0 atom stereocenters. The molecule has 0 spiro atoms. The second-order valence-corrected chi connectivity index (χ2v) is 5.98. The molecule has 6 nitrogen and oxygen atoms in total. The van der Waals surface area contributed by atoms with E-state index in [1.807, 2.05) is 24.3 Å². The summed E-state index contributed by atoms with van der Waals surface area (Å²) in [5.41, 5.74) is 1.71. The van der Waals surface area contributed by atoms with Crippen molar-refractivity contribution in [3.05, 3.63) is 58.7 Å². The number of hydrogen-bond donors (Lipinski definition) is 0. The lowest BCUT2D eigenvalue weighted by Gasteiger charge is -2.10. The molecular formula is C16H12BrClN4O2. The van der Waals surface area contributed by atoms with Gasteiger partial charge >= 0.3 is 6.01 Å². The standard InChI is InChI=1S/C16H12BrClN4O2/c17-12-7-20-16(21-8-12)24-6-5-23-15-14(9-19-10-22-15)11-1-3-13(18)4-2-11/h1-4,7-10H,5-6H2. The van der Waals surface area contributed by atoms with Gasteiger partial charge in [0.2, 0.25) is 5.88 Å². The van der Waals surface area contributed by atoms with E-state index in [4.69, 9.17) is 21.1 Å². The number of nitrogens with zero attached hydrogens (tertiary/aromatic N) is 4. The molecule has 2 aromatic heterocycles. The minimum atomic E-state index is 0.294. The summed E-state index contributed by atoms with van der Waals surface area (Å²) in [5.74, 6) is 0.479. The molecule has 3 aromatic rings. The maximum atomic E-state index is 5.92. The van der Waals surface area contributed by atoms with Crippen molar-refractivity contribution in [1.29, 1.82) is 0 Å². The van der Waals surface area contributed by atoms with Crippen LogP contribution < -0.4 is 9.47 Å². The van der Waals surface area contributed by atoms with E-state index >= 15 is 0 Å². The first-order valence-electron chi connectivity index (χ1n) is 7.01. The molecule has 0 aliphatic heterocycles. The minimum absolute atomic E-state index is 0.294. The quantitative estimate of drug-likeness (QED) is 0.579. The van der Waals surface area contributed by atoms with Crippen LogP contribution in [0, 0.1) is 0 Å². The summed E-state index contributed by atoms with van der Waals surface area (Å²) >= 11 is 9.18. The Hall–Kier alpha value is -2.25. The van der Waals surface area contributed by atoms with Crippen molar-refractivity contribution in [1.82, 2.24) is 19.9 Å². The van der Waals surface area contributed by atoms with E-state index in [1.165, 1.54) is 6.33 Å². The van der Waals surface area contributed by atoms with Crippen LogP contribution in [-0.4, -0.2) is 33.1 Å². The normalized spacial score (nSPS) is 10.4. The Morgan fingerprint density at radius 1 is 0.917 bits per heavy atom. The number of rotatable bonds is 6. The second-order valence-electron chi connectivity index (χ2n) is 4.63. The number of aromatic nitrogens is 4. The van der Waals surface area contributed by atoms with E-state index in [1.54, 1.807) is 18.6 Å². The first-order chi connectivity index (χ1) is 11.7. The highest BCUT2D eigenvalue weighted by molar-refractivity contribution is 9.10. The molecule has 0 saturated carbocycles. The molecule has 122 valence electrons. The molecule has 0 unspecified atom stereocenters. The zero-order valence-corrected chi connectivity index (χ0v) is 14.7. The van der Waals surface area contributed by atoms with Crippen molar-refractivity contribution in [2.45, 2.75) is 0 Å². The van der Waals surface area contributed by atoms with Crippen LogP contribution in [0.15, 0.2) is 53.7 Å². The largest absolute Gasteiger partial charge is 0.474 e. The van der Waals surface area contributed by atoms with Gasteiger partial charge < -0.3 is 9.47 Å². The predicted molar refractivity (Wildman–Crippen MR) is 93.2 cm³/mol. The van der Waals surface area contributed by atoms with Gasteiger partial charge in [-0.2, -0.15) is 0 Å². The number of halogens is 2. The fourth-order valence-corrected chi connectivity index (χ4v) is 2.24. The molecule has 1 aromatic carbocycles. The third kappa shape index (κ3) is 4.39. The van der Waals surface area contributed by atoms with Crippen LogP contribution in [0.1, 0.15) is 0 Å². The minimum Gasteiger partial charge on any atom is -0.474 e. The zero-order chi connectivity index (χ0) is 16.8. The van der Waals surface area contributed by atoms with Crippen molar-refractivity contribution >= 4 is 27.5 Å². The smallest absolute Gasteiger partial charge is 0.316 e. The number of benzene rings is 1. The molecular weight excluding hydrogens is 396 g/mol. The Morgan fingerprint density at radius 2 is 1.62 bits per heavy atom. The highest BCUT2D eigenvalue weighted by atomic mass is 79.9. The third-order valence-electron chi connectivity index (χ3n) is 2.98. The Morgan fingerprint density at radius 3 is 2.38 bits per heavy atom. The Bertz CT molecular complexity index is 800. The molecule has 8 heteroatoms. The SMILES string of the molecule is Clc1ccc(-c2cncnc2OCCOc2ncc(Br)cn2)cc1. The average molecular weight is 408 g/mol. The van der Waals surface area contributed by atoms with Gasteiger partial charge in [0.05, 0.1) is 10.0 Å². The highest BCUT2D eigenvalue weighted by Crippen LogP contribution is 2.27. The molecule has 0 aliphatic rings. The van der Waals surface area contributed by atoms with E-state index in [9.17, 15) is 0 Å². The van der Waals surface area contributed by atoms with Gasteiger partial charge in [0.1, 0.15) is 19.5 Å². The molecule has 0 aliphatic carbocycles. The fourth-order valence-electron chi connectivity index (χ4n) is 1.91. The van der Waals surface area contributed by atoms with Crippen LogP contribution in [0.25, 0.3) is 11.1 Å². The second kappa shape index (κ2) is 8.03. The molecule has 3 rings (SSSR count). The highest BCUT2D eigenvalue weighted by Gasteiger charge is 2.08. The van der Waals surface area contributed by atoms with E-state index in [0.717, 1.165) is 15.6 Å². The Kier molecular flexibility index (Phi) is 5.55. The van der Waals surface area contributed by atoms with Crippen molar-refractivity contribution in [3.63, 3.8) is 0 Å². The maximum Gasteiger partial charge on any atom is 0.316 e. The van der Waals surface area contributed by atoms with Crippen LogP contribution >= 0.6 is 27.5 Å². The van der Waals surface area contributed by atoms with Crippen LogP contribution in [0.5, 0.6) is 11.9 Å². The number of hydrogen-bond acceptors (Lipinski definition) is 6. The zero-order valence-electron chi connectivity index (χ0n) is 12.4. The molecule has 0 N–H and O–H groups in total. The summed E-state index contributed by atoms with van der Waals surface area (Å²) in [6.45, 7) is 0.600. The van der Waals surface area contributed by atoms with E-state index in [0.29, 0.717) is 30.1 Å². The predicted octanol–water partition coefficient (Wildman–Crippen LogP) is 3.81. The summed E-state index contributed by atoms with van der Waals surface area (Å²) < 4.78 is 11.9. The lowest BCUT2D eigenvalue weighted by Crippen LogP contribution is -2.11. The fraction of sp³-hybridized carbons (Fsp3) is 0.125. The van der Waals surface area contributed by atoms with E-state index in [-0.39, 0.29) is 0 Å². The van der Waals surface area contributed by atoms with E-state index < -0.39 is 0 Å². The molecule has 0 bridgehead atoms. The molecule has 2 heterocycles. The Balaban J connectivity index is 1.61. The van der Waals surface area contributed by atoms with Gasteiger partial charge in [-0.3, -0.25) is 0 Å². The van der Waals surface area contributed by atoms with Gasteiger partial charge in [-0.15, -0.1) is 0 Å². The van der Waals surface area contributed by atoms with Gasteiger partial charge in [0.25, 0.3) is 0 Å². The van der Waals surface area contributed by atoms with Crippen LogP contribution in [0.4, 0.5) is 0 Å². The molecule has 24 heavy (non-hydrogen) atoms. The summed E-state index contributed by atoms with van der Waals surface area (Å²) in [7, 11) is 0. The topological polar surface area (TPSA) is 70.0 Å². The van der Waals surface area contributed by atoms with Gasteiger partial charge in [0.15, 0.2) is 0 Å². The molecule has 0 saturated heterocycles. The third-order valence-corrected chi connectivity index (χ3v) is 3.64. The van der Waals surface area contributed by atoms with Crippen LogP contribution in [0.2, 0.25) is 5.02 Å². The summed E-state index contributed by atoms with van der Waals surface area (Å²) in [6.07, 6.45) is 6.37. The van der Waals surface area contributed by atoms with Gasteiger partial charge in [-0.1, -0.05) is 23.7 Å². The average Bonchev–Trinajstić information content (AvgIpc) is 2.61. The maximum absolute atomic E-state index is 5.92. The molecule has 0 radical (unpaired) electrons. The lowest BCUT2D eigenvalue weighted by atomic mass is 10.1. The van der Waals surface area contributed by atoms with Gasteiger partial charge in [-0.05, 0) is 33.6 Å². The monoisotopic (exact) mass is 406 g/mol. The van der Waals surface area contributed by atoms with Crippen LogP contribution in [-0.2, 0) is 0 Å². The van der Waals surface area contributed by atoms with Gasteiger partial charge in [0, 0.05) is 23.6 Å². The lowest BCUT2D eigenvalue weighted by molar-refractivity contribution is 0.202. The first kappa shape index (κ1) is 16.6. The summed E-state index contributed by atoms with van der Waals surface area (Å²) in [6, 6.07) is 7.69. The van der Waals surface area contributed by atoms with Crippen LogP contribution in [0.3, 0.4) is 0 Å².